The number of nitrogens with one attached hydrogen (secondary N) is 2. The SMILES string of the molecule is O=C(NCOc1ccccc1)Nc1cccc(F)c1. The topological polar surface area (TPSA) is 50.4 Å². The summed E-state index contributed by atoms with van der Waals surface area (Å²) in [6, 6.07) is 14.3. The molecule has 0 saturated heterocycles. The molecular formula is C14H13FN2O2. The van der Waals surface area contributed by atoms with Gasteiger partial charge in [0.05, 0.1) is 0 Å². The number of anilines is 1. The van der Waals surface area contributed by atoms with Gasteiger partial charge in [-0.05, 0) is 30.3 Å². The predicted octanol–water partition coefficient (Wildman–Crippen LogP) is 2.98. The van der Waals surface area contributed by atoms with Gasteiger partial charge in [-0.3, -0.25) is 0 Å². The van der Waals surface area contributed by atoms with E-state index in [1.807, 2.05) is 18.2 Å². The van der Waals surface area contributed by atoms with Crippen molar-refractivity contribution in [1.29, 1.82) is 0 Å². The number of ether oxygens (including phenoxy) is 1. The van der Waals surface area contributed by atoms with E-state index in [1.54, 1.807) is 18.2 Å². The Bertz CT molecular complexity index is 546. The second kappa shape index (κ2) is 6.39. The third-order valence-corrected chi connectivity index (χ3v) is 2.30. The standard InChI is InChI=1S/C14H13FN2O2/c15-11-5-4-6-12(9-11)17-14(18)16-10-19-13-7-2-1-3-8-13/h1-9H,10H2,(H2,16,17,18). The summed E-state index contributed by atoms with van der Waals surface area (Å²) in [4.78, 5) is 11.5. The molecule has 5 heteroatoms. The Morgan fingerprint density at radius 2 is 1.89 bits per heavy atom. The molecule has 0 aliphatic rings. The first-order valence-corrected chi connectivity index (χ1v) is 5.72. The van der Waals surface area contributed by atoms with Crippen molar-refractivity contribution in [2.45, 2.75) is 0 Å². The number of hydrogen-bond donors (Lipinski definition) is 2. The van der Waals surface area contributed by atoms with E-state index < -0.39 is 11.8 Å². The zero-order valence-corrected chi connectivity index (χ0v) is 10.1. The van der Waals surface area contributed by atoms with Crippen LogP contribution in [0.5, 0.6) is 5.75 Å². The van der Waals surface area contributed by atoms with Crippen LogP contribution >= 0.6 is 0 Å². The van der Waals surface area contributed by atoms with Crippen molar-refractivity contribution in [2.24, 2.45) is 0 Å². The smallest absolute Gasteiger partial charge is 0.321 e. The van der Waals surface area contributed by atoms with Gasteiger partial charge in [0.15, 0.2) is 6.73 Å². The van der Waals surface area contributed by atoms with Gasteiger partial charge in [-0.15, -0.1) is 0 Å². The summed E-state index contributed by atoms with van der Waals surface area (Å²) < 4.78 is 18.2. The maximum absolute atomic E-state index is 12.9. The Morgan fingerprint density at radius 1 is 1.11 bits per heavy atom. The molecule has 0 heterocycles. The first-order chi connectivity index (χ1) is 9.24. The van der Waals surface area contributed by atoms with Crippen molar-refractivity contribution in [3.63, 3.8) is 0 Å². The molecule has 2 aromatic carbocycles. The Labute approximate surface area is 110 Å². The zero-order chi connectivity index (χ0) is 13.5. The minimum Gasteiger partial charge on any atom is -0.473 e. The van der Waals surface area contributed by atoms with Crippen molar-refractivity contribution in [3.8, 4) is 5.75 Å². The lowest BCUT2D eigenvalue weighted by molar-refractivity contribution is 0.234. The molecule has 0 aliphatic carbocycles. The fourth-order valence-corrected chi connectivity index (χ4v) is 1.44. The van der Waals surface area contributed by atoms with Gasteiger partial charge in [0.1, 0.15) is 11.6 Å². The average Bonchev–Trinajstić information content (AvgIpc) is 2.40. The van der Waals surface area contributed by atoms with E-state index in [0.717, 1.165) is 0 Å². The highest BCUT2D eigenvalue weighted by Gasteiger charge is 2.01. The van der Waals surface area contributed by atoms with E-state index in [-0.39, 0.29) is 6.73 Å². The number of hydrogen-bond acceptors (Lipinski definition) is 2. The molecule has 0 aromatic heterocycles. The molecule has 0 bridgehead atoms. The second-order valence-corrected chi connectivity index (χ2v) is 3.74. The number of halogens is 1. The van der Waals surface area contributed by atoms with Gasteiger partial charge >= 0.3 is 6.03 Å². The number of rotatable bonds is 4. The molecule has 0 radical (unpaired) electrons. The van der Waals surface area contributed by atoms with Crippen LogP contribution in [0, 0.1) is 5.82 Å². The summed E-state index contributed by atoms with van der Waals surface area (Å²) in [7, 11) is 0. The Morgan fingerprint density at radius 3 is 2.63 bits per heavy atom. The third-order valence-electron chi connectivity index (χ3n) is 2.30. The molecule has 0 atom stereocenters. The number of urea groups is 1. The highest BCUT2D eigenvalue weighted by atomic mass is 19.1. The average molecular weight is 260 g/mol. The Balaban J connectivity index is 1.76. The first kappa shape index (κ1) is 12.9. The van der Waals surface area contributed by atoms with E-state index in [4.69, 9.17) is 4.74 Å². The molecule has 0 saturated carbocycles. The number of benzene rings is 2. The Kier molecular flexibility index (Phi) is 4.34. The summed E-state index contributed by atoms with van der Waals surface area (Å²) in [6.07, 6.45) is 0. The fraction of sp³-hybridized carbons (Fsp3) is 0.0714. The first-order valence-electron chi connectivity index (χ1n) is 5.72. The van der Waals surface area contributed by atoms with E-state index in [2.05, 4.69) is 10.6 Å². The van der Waals surface area contributed by atoms with Gasteiger partial charge in [-0.2, -0.15) is 0 Å². The number of amides is 2. The van der Waals surface area contributed by atoms with Crippen LogP contribution < -0.4 is 15.4 Å². The summed E-state index contributed by atoms with van der Waals surface area (Å²) in [5.74, 6) is 0.256. The van der Waals surface area contributed by atoms with E-state index in [0.29, 0.717) is 11.4 Å². The van der Waals surface area contributed by atoms with Gasteiger partial charge in [0.2, 0.25) is 0 Å². The maximum atomic E-state index is 12.9. The minimum absolute atomic E-state index is 0.0329. The van der Waals surface area contributed by atoms with Crippen LogP contribution in [0.4, 0.5) is 14.9 Å². The quantitative estimate of drug-likeness (QED) is 0.830. The predicted molar refractivity (Wildman–Crippen MR) is 70.5 cm³/mol. The number of carbonyl (C=O) groups is 1. The van der Waals surface area contributed by atoms with Crippen LogP contribution in [-0.2, 0) is 0 Å². The van der Waals surface area contributed by atoms with E-state index in [9.17, 15) is 9.18 Å². The normalized spacial score (nSPS) is 9.74. The molecule has 0 spiro atoms. The third kappa shape index (κ3) is 4.31. The van der Waals surface area contributed by atoms with Gasteiger partial charge < -0.3 is 15.4 Å². The lowest BCUT2D eigenvalue weighted by Crippen LogP contribution is -2.32. The van der Waals surface area contributed by atoms with Crippen LogP contribution in [0.3, 0.4) is 0 Å². The molecule has 0 fully saturated rings. The summed E-state index contributed by atoms with van der Waals surface area (Å²) in [5.41, 5.74) is 0.386. The molecule has 2 aromatic rings. The summed E-state index contributed by atoms with van der Waals surface area (Å²) >= 11 is 0. The van der Waals surface area contributed by atoms with Gasteiger partial charge in [0.25, 0.3) is 0 Å². The van der Waals surface area contributed by atoms with Crippen molar-refractivity contribution >= 4 is 11.7 Å². The highest BCUT2D eigenvalue weighted by Crippen LogP contribution is 2.09. The monoisotopic (exact) mass is 260 g/mol. The van der Waals surface area contributed by atoms with Crippen LogP contribution in [0.2, 0.25) is 0 Å². The molecule has 2 N–H and O–H groups in total. The molecular weight excluding hydrogens is 247 g/mol. The number of carbonyl (C=O) groups excluding carboxylic acids is 1. The maximum Gasteiger partial charge on any atom is 0.321 e. The molecule has 2 rings (SSSR count). The molecule has 98 valence electrons. The van der Waals surface area contributed by atoms with Crippen molar-refractivity contribution in [2.75, 3.05) is 12.0 Å². The second-order valence-electron chi connectivity index (χ2n) is 3.74. The van der Waals surface area contributed by atoms with Crippen LogP contribution in [0.15, 0.2) is 54.6 Å². The van der Waals surface area contributed by atoms with Crippen LogP contribution in [0.1, 0.15) is 0 Å². The van der Waals surface area contributed by atoms with Crippen LogP contribution in [-0.4, -0.2) is 12.8 Å². The fourth-order valence-electron chi connectivity index (χ4n) is 1.44. The van der Waals surface area contributed by atoms with Gasteiger partial charge in [-0.1, -0.05) is 24.3 Å². The molecule has 2 amide bonds. The van der Waals surface area contributed by atoms with Crippen LogP contribution in [0.25, 0.3) is 0 Å². The van der Waals surface area contributed by atoms with Gasteiger partial charge in [-0.25, -0.2) is 9.18 Å². The summed E-state index contributed by atoms with van der Waals surface area (Å²) in [5, 5.41) is 5.00. The summed E-state index contributed by atoms with van der Waals surface area (Å²) in [6.45, 7) is 0.0329. The van der Waals surface area contributed by atoms with Gasteiger partial charge in [0, 0.05) is 5.69 Å². The zero-order valence-electron chi connectivity index (χ0n) is 10.1. The molecule has 0 unspecified atom stereocenters. The minimum atomic E-state index is -0.457. The van der Waals surface area contributed by atoms with E-state index >= 15 is 0 Å². The largest absolute Gasteiger partial charge is 0.473 e. The van der Waals surface area contributed by atoms with Crippen molar-refractivity contribution < 1.29 is 13.9 Å². The highest BCUT2D eigenvalue weighted by molar-refractivity contribution is 5.89. The lowest BCUT2D eigenvalue weighted by atomic mass is 10.3. The molecule has 4 nitrogen and oxygen atoms in total. The number of para-hydroxylation sites is 1. The molecule has 19 heavy (non-hydrogen) atoms. The molecule has 0 aliphatic heterocycles. The van der Waals surface area contributed by atoms with Crippen molar-refractivity contribution in [3.05, 3.63) is 60.4 Å². The lowest BCUT2D eigenvalue weighted by Gasteiger charge is -2.09. The van der Waals surface area contributed by atoms with E-state index in [1.165, 1.54) is 18.2 Å². The Hall–Kier alpha value is -2.56. The van der Waals surface area contributed by atoms with Crippen molar-refractivity contribution in [1.82, 2.24) is 5.32 Å².